The van der Waals surface area contributed by atoms with Gasteiger partial charge < -0.3 is 19.6 Å². The van der Waals surface area contributed by atoms with Gasteiger partial charge in [-0.1, -0.05) is 51.8 Å². The normalized spacial score (nSPS) is 29.8. The number of amides is 2. The van der Waals surface area contributed by atoms with Crippen LogP contribution in [0.4, 0.5) is 5.69 Å². The lowest BCUT2D eigenvalue weighted by Crippen LogP contribution is -2.55. The Balaban J connectivity index is 1.72. The second kappa shape index (κ2) is 11.9. The van der Waals surface area contributed by atoms with Crippen molar-refractivity contribution in [3.8, 4) is 0 Å². The Hall–Kier alpha value is -1.81. The summed E-state index contributed by atoms with van der Waals surface area (Å²) in [5, 5.41) is 9.78. The van der Waals surface area contributed by atoms with Gasteiger partial charge in [0, 0.05) is 29.8 Å². The van der Waals surface area contributed by atoms with Crippen molar-refractivity contribution in [1.29, 1.82) is 0 Å². The number of aliphatic hydroxyl groups excluding tert-OH is 1. The number of ether oxygens (including phenoxy) is 1. The van der Waals surface area contributed by atoms with Crippen molar-refractivity contribution in [3.05, 3.63) is 54.6 Å². The highest BCUT2D eigenvalue weighted by Crippen LogP contribution is 2.68. The molecular formula is C27H32BrClN2O5S. The minimum Gasteiger partial charge on any atom is -0.465 e. The number of esters is 1. The number of para-hydroxylation sites is 1. The van der Waals surface area contributed by atoms with E-state index < -0.39 is 28.6 Å². The zero-order valence-electron chi connectivity index (χ0n) is 20.6. The van der Waals surface area contributed by atoms with Crippen LogP contribution >= 0.6 is 39.3 Å². The van der Waals surface area contributed by atoms with E-state index in [1.807, 2.05) is 0 Å². The third-order valence-electron chi connectivity index (χ3n) is 7.37. The summed E-state index contributed by atoms with van der Waals surface area (Å²) in [5.41, 5.74) is 0.537. The number of carbonyl (C=O) groups excluding carboxylic acids is 3. The van der Waals surface area contributed by atoms with Gasteiger partial charge in [0.2, 0.25) is 5.91 Å². The van der Waals surface area contributed by atoms with Crippen molar-refractivity contribution in [2.75, 3.05) is 31.2 Å². The van der Waals surface area contributed by atoms with Crippen molar-refractivity contribution in [2.45, 2.75) is 46.5 Å². The Kier molecular flexibility index (Phi) is 9.09. The molecule has 3 heterocycles. The van der Waals surface area contributed by atoms with Gasteiger partial charge in [-0.2, -0.15) is 0 Å². The monoisotopic (exact) mass is 610 g/mol. The van der Waals surface area contributed by atoms with Gasteiger partial charge in [0.1, 0.15) is 6.04 Å². The number of fused-ring (bicyclic) bond motifs is 1. The Labute approximate surface area is 235 Å². The number of hydrogen-bond donors (Lipinski definition) is 1. The third-order valence-corrected chi connectivity index (χ3v) is 10.9. The Morgan fingerprint density at radius 2 is 2.05 bits per heavy atom. The summed E-state index contributed by atoms with van der Waals surface area (Å²) < 4.78 is 4.81. The second-order valence-corrected chi connectivity index (χ2v) is 12.7. The number of likely N-dealkylation sites (tertiary alicyclic amines) is 1. The molecule has 3 saturated heterocycles. The fourth-order valence-electron chi connectivity index (χ4n) is 5.91. The molecule has 0 aromatic heterocycles. The quantitative estimate of drug-likeness (QED) is 0.165. The van der Waals surface area contributed by atoms with Crippen LogP contribution in [0.5, 0.6) is 0 Å². The maximum absolute atomic E-state index is 14.4. The second-order valence-electron chi connectivity index (χ2n) is 9.56. The van der Waals surface area contributed by atoms with Crippen LogP contribution in [0.25, 0.3) is 0 Å². The molecule has 6 atom stereocenters. The molecule has 3 aliphatic heterocycles. The first kappa shape index (κ1) is 28.2. The molecule has 1 spiro atoms. The SMILES string of the molecule is C=CCCCOC(=O)[C@H]1[C@@H]2SC3(CC2Br)C(C(=O)N(CC=C)c2ccccc2Cl)N(CCCO)C(=O)[C@H]13. The summed E-state index contributed by atoms with van der Waals surface area (Å²) in [4.78, 5) is 44.7. The van der Waals surface area contributed by atoms with Crippen LogP contribution in [0, 0.1) is 11.8 Å². The van der Waals surface area contributed by atoms with Crippen molar-refractivity contribution >= 4 is 62.8 Å². The van der Waals surface area contributed by atoms with Crippen LogP contribution in [0.2, 0.25) is 5.02 Å². The van der Waals surface area contributed by atoms with Gasteiger partial charge in [-0.05, 0) is 37.8 Å². The molecule has 1 N–H and O–H groups in total. The first-order valence-corrected chi connectivity index (χ1v) is 14.7. The highest BCUT2D eigenvalue weighted by atomic mass is 79.9. The van der Waals surface area contributed by atoms with Gasteiger partial charge in [0.15, 0.2) is 0 Å². The predicted molar refractivity (Wildman–Crippen MR) is 150 cm³/mol. The lowest BCUT2D eigenvalue weighted by Gasteiger charge is -2.38. The molecule has 3 fully saturated rings. The molecule has 0 aliphatic carbocycles. The molecular weight excluding hydrogens is 580 g/mol. The lowest BCUT2D eigenvalue weighted by molar-refractivity contribution is -0.154. The Bertz CT molecular complexity index is 1070. The van der Waals surface area contributed by atoms with Gasteiger partial charge in [0.25, 0.3) is 5.91 Å². The average molecular weight is 612 g/mol. The molecule has 4 rings (SSSR count). The number of anilines is 1. The molecule has 37 heavy (non-hydrogen) atoms. The summed E-state index contributed by atoms with van der Waals surface area (Å²) in [6, 6.07) is 6.26. The number of aliphatic hydroxyl groups is 1. The van der Waals surface area contributed by atoms with E-state index >= 15 is 0 Å². The van der Waals surface area contributed by atoms with E-state index in [1.54, 1.807) is 58.0 Å². The lowest BCUT2D eigenvalue weighted by atomic mass is 9.71. The standard InChI is InChI=1S/C27H32BrClN2O5S/c1-3-5-8-15-36-26(35)20-21-24(33)31(13-9-14-32)23(27(21)16-17(28)22(20)37-27)25(34)30(12-4-2)19-11-7-6-10-18(19)29/h3-4,6-7,10-11,17,20-23,32H,1-2,5,8-9,12-16H2/t17?,20-,21+,22-,23?,27?/m1/s1. The number of thioether (sulfide) groups is 1. The number of benzene rings is 1. The molecule has 0 radical (unpaired) electrons. The smallest absolute Gasteiger partial charge is 0.310 e. The fraction of sp³-hybridized carbons (Fsp3) is 0.519. The van der Waals surface area contributed by atoms with E-state index in [-0.39, 0.29) is 48.2 Å². The molecule has 2 bridgehead atoms. The van der Waals surface area contributed by atoms with Crippen LogP contribution in [0.3, 0.4) is 0 Å². The zero-order chi connectivity index (χ0) is 26.7. The van der Waals surface area contributed by atoms with E-state index in [4.69, 9.17) is 16.3 Å². The summed E-state index contributed by atoms with van der Waals surface area (Å²) in [6.45, 7) is 8.08. The summed E-state index contributed by atoms with van der Waals surface area (Å²) in [5.74, 6) is -2.22. The van der Waals surface area contributed by atoms with Gasteiger partial charge in [0.05, 0.1) is 33.9 Å². The molecule has 3 aliphatic rings. The van der Waals surface area contributed by atoms with Crippen LogP contribution in [-0.2, 0) is 19.1 Å². The minimum atomic E-state index is -0.818. The predicted octanol–water partition coefficient (Wildman–Crippen LogP) is 4.22. The number of nitrogens with zero attached hydrogens (tertiary/aromatic N) is 2. The zero-order valence-corrected chi connectivity index (χ0v) is 23.7. The maximum Gasteiger partial charge on any atom is 0.310 e. The van der Waals surface area contributed by atoms with E-state index in [0.717, 1.165) is 6.42 Å². The average Bonchev–Trinajstić information content (AvgIpc) is 3.47. The highest BCUT2D eigenvalue weighted by molar-refractivity contribution is 9.09. The van der Waals surface area contributed by atoms with Crippen LogP contribution < -0.4 is 4.90 Å². The number of hydrogen-bond acceptors (Lipinski definition) is 6. The number of carbonyl (C=O) groups is 3. The number of rotatable bonds is 12. The first-order valence-electron chi connectivity index (χ1n) is 12.5. The van der Waals surface area contributed by atoms with Crippen molar-refractivity contribution < 1.29 is 24.2 Å². The van der Waals surface area contributed by atoms with Crippen LogP contribution in [0.15, 0.2) is 49.6 Å². The fourth-order valence-corrected chi connectivity index (χ4v) is 9.74. The highest BCUT2D eigenvalue weighted by Gasteiger charge is 2.76. The number of halogens is 2. The van der Waals surface area contributed by atoms with Crippen LogP contribution in [0.1, 0.15) is 25.7 Å². The van der Waals surface area contributed by atoms with Gasteiger partial charge in [-0.15, -0.1) is 24.9 Å². The molecule has 10 heteroatoms. The first-order chi connectivity index (χ1) is 17.8. The molecule has 1 aromatic carbocycles. The summed E-state index contributed by atoms with van der Waals surface area (Å²) in [7, 11) is 0. The largest absolute Gasteiger partial charge is 0.465 e. The van der Waals surface area contributed by atoms with Crippen LogP contribution in [-0.4, -0.2) is 75.0 Å². The molecule has 0 saturated carbocycles. The summed E-state index contributed by atoms with van der Waals surface area (Å²) >= 11 is 11.8. The topological polar surface area (TPSA) is 87.2 Å². The van der Waals surface area contributed by atoms with Gasteiger partial charge in [-0.3, -0.25) is 14.4 Å². The van der Waals surface area contributed by atoms with Gasteiger partial charge >= 0.3 is 5.97 Å². The van der Waals surface area contributed by atoms with Crippen molar-refractivity contribution in [3.63, 3.8) is 0 Å². The molecule has 3 unspecified atom stereocenters. The minimum absolute atomic E-state index is 0.0477. The van der Waals surface area contributed by atoms with E-state index in [9.17, 15) is 19.5 Å². The number of alkyl halides is 1. The van der Waals surface area contributed by atoms with Gasteiger partial charge in [-0.25, -0.2) is 0 Å². The Morgan fingerprint density at radius 1 is 1.30 bits per heavy atom. The molecule has 1 aromatic rings. The van der Waals surface area contributed by atoms with E-state index in [1.165, 1.54) is 0 Å². The van der Waals surface area contributed by atoms with E-state index in [2.05, 4.69) is 29.1 Å². The molecule has 2 amide bonds. The van der Waals surface area contributed by atoms with Crippen molar-refractivity contribution in [1.82, 2.24) is 4.90 Å². The molecule has 7 nitrogen and oxygen atoms in total. The Morgan fingerprint density at radius 3 is 2.73 bits per heavy atom. The van der Waals surface area contributed by atoms with Crippen molar-refractivity contribution in [2.24, 2.45) is 11.8 Å². The number of unbranched alkanes of at least 4 members (excludes halogenated alkanes) is 1. The summed E-state index contributed by atoms with van der Waals surface area (Å²) in [6.07, 6.45) is 5.69. The van der Waals surface area contributed by atoms with E-state index in [0.29, 0.717) is 30.0 Å². The molecule has 200 valence electrons. The third kappa shape index (κ3) is 5.00. The maximum atomic E-state index is 14.4. The number of allylic oxidation sites excluding steroid dienone is 1.